The van der Waals surface area contributed by atoms with Crippen molar-refractivity contribution < 1.29 is 32.3 Å². The summed E-state index contributed by atoms with van der Waals surface area (Å²) in [6, 6.07) is 2.05. The lowest BCUT2D eigenvalue weighted by Gasteiger charge is -2.29. The molecule has 1 saturated carbocycles. The average Bonchev–Trinajstić information content (AvgIpc) is 3.78. The van der Waals surface area contributed by atoms with Crippen LogP contribution in [0.3, 0.4) is 0 Å². The number of aliphatic hydroxyl groups is 1. The van der Waals surface area contributed by atoms with Crippen LogP contribution in [0.4, 0.5) is 23.2 Å². The molecular formula is C26H26F4N4O3. The van der Waals surface area contributed by atoms with Crippen molar-refractivity contribution in [2.45, 2.75) is 50.5 Å². The van der Waals surface area contributed by atoms with Crippen LogP contribution in [0.2, 0.25) is 0 Å². The molecule has 1 aromatic carbocycles. The van der Waals surface area contributed by atoms with Crippen LogP contribution < -0.4 is 10.6 Å². The number of anilines is 1. The van der Waals surface area contributed by atoms with E-state index >= 15 is 0 Å². The monoisotopic (exact) mass is 518 g/mol. The first-order chi connectivity index (χ1) is 17.6. The van der Waals surface area contributed by atoms with Crippen LogP contribution in [-0.4, -0.2) is 52.0 Å². The molecule has 5 rings (SSSR count). The Kier molecular flexibility index (Phi) is 6.43. The number of nitrogens with one attached hydrogen (secondary N) is 2. The van der Waals surface area contributed by atoms with E-state index in [1.165, 1.54) is 11.1 Å². The highest BCUT2D eigenvalue weighted by Crippen LogP contribution is 2.45. The molecule has 3 atom stereocenters. The Morgan fingerprint density at radius 1 is 1.24 bits per heavy atom. The number of rotatable bonds is 8. The van der Waals surface area contributed by atoms with E-state index in [2.05, 4.69) is 15.6 Å². The van der Waals surface area contributed by atoms with E-state index in [0.717, 1.165) is 17.7 Å². The van der Waals surface area contributed by atoms with Gasteiger partial charge in [0, 0.05) is 24.2 Å². The van der Waals surface area contributed by atoms with Crippen molar-refractivity contribution in [3.63, 3.8) is 0 Å². The summed E-state index contributed by atoms with van der Waals surface area (Å²) in [6.45, 7) is 1.80. The summed E-state index contributed by atoms with van der Waals surface area (Å²) in [5, 5.41) is 15.0. The molecule has 196 valence electrons. The first kappa shape index (κ1) is 25.2. The number of carbonyl (C=O) groups excluding carboxylic acids is 2. The largest absolute Gasteiger partial charge is 0.416 e. The first-order valence-corrected chi connectivity index (χ1v) is 12.1. The van der Waals surface area contributed by atoms with Gasteiger partial charge in [0.2, 0.25) is 5.91 Å². The zero-order valence-electron chi connectivity index (χ0n) is 20.0. The predicted octanol–water partition coefficient (Wildman–Crippen LogP) is 3.74. The molecule has 37 heavy (non-hydrogen) atoms. The number of halogens is 4. The molecule has 1 aliphatic heterocycles. The number of hydrogen-bond donors (Lipinski definition) is 3. The van der Waals surface area contributed by atoms with Gasteiger partial charge < -0.3 is 20.6 Å². The van der Waals surface area contributed by atoms with Gasteiger partial charge >= 0.3 is 6.18 Å². The molecule has 0 spiro atoms. The fraction of sp³-hybridized carbons (Fsp3) is 0.423. The molecule has 1 saturated heterocycles. The summed E-state index contributed by atoms with van der Waals surface area (Å²) in [5.41, 5.74) is 1.21. The number of likely N-dealkylation sites (tertiary alicyclic amines) is 1. The van der Waals surface area contributed by atoms with Crippen LogP contribution in [0.25, 0.3) is 0 Å². The second-order valence-electron chi connectivity index (χ2n) is 9.70. The van der Waals surface area contributed by atoms with Gasteiger partial charge in [-0.3, -0.25) is 14.6 Å². The highest BCUT2D eigenvalue weighted by atomic mass is 19.4. The Morgan fingerprint density at radius 2 is 2.00 bits per heavy atom. The highest BCUT2D eigenvalue weighted by Gasteiger charge is 2.50. The fourth-order valence-electron chi connectivity index (χ4n) is 4.90. The minimum absolute atomic E-state index is 0.00402. The van der Waals surface area contributed by atoms with Crippen LogP contribution in [-0.2, 0) is 11.0 Å². The normalized spacial score (nSPS) is 21.2. The Morgan fingerprint density at radius 3 is 2.65 bits per heavy atom. The SMILES string of the molecule is Cc1cc(C(=O)N2[C@@H]3C=C3C[C@@H]2C(=O)N[C@@H](c2ccc(C(F)(F)F)cc2F)C2CC2)c(NCCO)cn1. The van der Waals surface area contributed by atoms with Crippen LogP contribution in [0.15, 0.2) is 42.1 Å². The molecule has 0 bridgehead atoms. The van der Waals surface area contributed by atoms with E-state index in [9.17, 15) is 27.2 Å². The summed E-state index contributed by atoms with van der Waals surface area (Å²) >= 11 is 0. The molecule has 2 fully saturated rings. The zero-order valence-corrected chi connectivity index (χ0v) is 20.0. The van der Waals surface area contributed by atoms with Gasteiger partial charge in [-0.1, -0.05) is 12.1 Å². The number of nitrogens with zero attached hydrogens (tertiary/aromatic N) is 2. The number of alkyl halides is 3. The molecule has 2 aliphatic carbocycles. The maximum atomic E-state index is 14.8. The minimum Gasteiger partial charge on any atom is -0.395 e. The summed E-state index contributed by atoms with van der Waals surface area (Å²) in [7, 11) is 0. The van der Waals surface area contributed by atoms with Crippen LogP contribution in [0.5, 0.6) is 0 Å². The highest BCUT2D eigenvalue weighted by molar-refractivity contribution is 6.03. The third-order valence-corrected chi connectivity index (χ3v) is 7.00. The topological polar surface area (TPSA) is 94.6 Å². The lowest BCUT2D eigenvalue weighted by Crippen LogP contribution is -2.49. The van der Waals surface area contributed by atoms with Crippen molar-refractivity contribution in [3.8, 4) is 0 Å². The number of aryl methyl sites for hydroxylation is 1. The standard InChI is InChI=1S/C26H26F4N4O3/c1-13-8-18(20(12-32-13)31-6-7-35)25(37)34-21-9-15(21)10-22(34)24(36)33-23(14-2-3-14)17-5-4-16(11-19(17)27)26(28,29)30/h4-5,8-9,11-12,14,21-23,31,35H,2-3,6-7,10H2,1H3,(H,33,36)/t21-,22-,23-/m1/s1. The maximum absolute atomic E-state index is 14.8. The van der Waals surface area contributed by atoms with Gasteiger partial charge in [-0.2, -0.15) is 13.2 Å². The minimum atomic E-state index is -4.67. The number of hydrogen-bond acceptors (Lipinski definition) is 5. The summed E-state index contributed by atoms with van der Waals surface area (Å²) < 4.78 is 53.8. The molecule has 2 amide bonds. The number of aliphatic hydroxyl groups excluding tert-OH is 1. The lowest BCUT2D eigenvalue weighted by molar-refractivity contribution is -0.137. The van der Waals surface area contributed by atoms with E-state index in [-0.39, 0.29) is 36.6 Å². The van der Waals surface area contributed by atoms with E-state index in [0.29, 0.717) is 42.3 Å². The van der Waals surface area contributed by atoms with Crippen molar-refractivity contribution >= 4 is 17.5 Å². The second-order valence-corrected chi connectivity index (χ2v) is 9.70. The molecule has 7 nitrogen and oxygen atoms in total. The van der Waals surface area contributed by atoms with E-state index < -0.39 is 35.5 Å². The van der Waals surface area contributed by atoms with Crippen molar-refractivity contribution in [1.82, 2.24) is 15.2 Å². The molecule has 11 heteroatoms. The summed E-state index contributed by atoms with van der Waals surface area (Å²) in [6.07, 6.45) is 0.475. The Bertz CT molecular complexity index is 1270. The maximum Gasteiger partial charge on any atom is 0.416 e. The number of amides is 2. The van der Waals surface area contributed by atoms with Gasteiger partial charge in [0.25, 0.3) is 5.91 Å². The molecular weight excluding hydrogens is 492 g/mol. The quantitative estimate of drug-likeness (QED) is 0.366. The lowest BCUT2D eigenvalue weighted by atomic mass is 9.99. The zero-order chi connectivity index (χ0) is 26.5. The fourth-order valence-corrected chi connectivity index (χ4v) is 4.90. The van der Waals surface area contributed by atoms with E-state index in [1.807, 2.05) is 6.08 Å². The molecule has 0 unspecified atom stereocenters. The number of carbonyl (C=O) groups is 2. The van der Waals surface area contributed by atoms with Gasteiger partial charge in [-0.25, -0.2) is 4.39 Å². The van der Waals surface area contributed by atoms with Crippen molar-refractivity contribution in [3.05, 3.63) is 70.3 Å². The first-order valence-electron chi connectivity index (χ1n) is 12.1. The van der Waals surface area contributed by atoms with Crippen LogP contribution in [0.1, 0.15) is 52.5 Å². The average molecular weight is 519 g/mol. The second kappa shape index (κ2) is 9.44. The Labute approximate surface area is 210 Å². The molecule has 3 aliphatic rings. The summed E-state index contributed by atoms with van der Waals surface area (Å²) in [5.74, 6) is -1.98. The van der Waals surface area contributed by atoms with Crippen molar-refractivity contribution in [1.29, 1.82) is 0 Å². The molecule has 2 heterocycles. The van der Waals surface area contributed by atoms with Gasteiger partial charge in [0.1, 0.15) is 11.9 Å². The van der Waals surface area contributed by atoms with Gasteiger partial charge in [0.05, 0.1) is 41.7 Å². The van der Waals surface area contributed by atoms with Gasteiger partial charge in [-0.05, 0) is 49.5 Å². The van der Waals surface area contributed by atoms with Crippen LogP contribution >= 0.6 is 0 Å². The number of benzene rings is 1. The third-order valence-electron chi connectivity index (χ3n) is 7.00. The molecule has 0 radical (unpaired) electrons. The Hall–Kier alpha value is -3.47. The van der Waals surface area contributed by atoms with Crippen LogP contribution in [0, 0.1) is 18.7 Å². The number of fused-ring (bicyclic) bond motifs is 1. The molecule has 2 aromatic rings. The van der Waals surface area contributed by atoms with E-state index in [1.54, 1.807) is 13.0 Å². The van der Waals surface area contributed by atoms with Crippen molar-refractivity contribution in [2.24, 2.45) is 5.92 Å². The smallest absolute Gasteiger partial charge is 0.395 e. The summed E-state index contributed by atoms with van der Waals surface area (Å²) in [4.78, 5) is 32.8. The number of pyridine rings is 1. The van der Waals surface area contributed by atoms with E-state index in [4.69, 9.17) is 5.11 Å². The van der Waals surface area contributed by atoms with Gasteiger partial charge in [0.15, 0.2) is 0 Å². The molecule has 1 aromatic heterocycles. The Balaban J connectivity index is 1.38. The number of aromatic nitrogens is 1. The van der Waals surface area contributed by atoms with Gasteiger partial charge in [-0.15, -0.1) is 0 Å². The predicted molar refractivity (Wildman–Crippen MR) is 126 cm³/mol. The molecule has 3 N–H and O–H groups in total. The third kappa shape index (κ3) is 5.04. The van der Waals surface area contributed by atoms with Crippen molar-refractivity contribution in [2.75, 3.05) is 18.5 Å².